The van der Waals surface area contributed by atoms with E-state index < -0.39 is 4.92 Å². The van der Waals surface area contributed by atoms with E-state index >= 15 is 0 Å². The minimum atomic E-state index is -0.491. The number of hydrogen-bond donors (Lipinski definition) is 2. The van der Waals surface area contributed by atoms with Crippen LogP contribution >= 0.6 is 12.4 Å². The van der Waals surface area contributed by atoms with Gasteiger partial charge in [-0.15, -0.1) is 12.4 Å². The highest BCUT2D eigenvalue weighted by molar-refractivity contribution is 5.94. The van der Waals surface area contributed by atoms with Crippen LogP contribution in [0.5, 0.6) is 0 Å². The van der Waals surface area contributed by atoms with E-state index in [4.69, 9.17) is 5.73 Å². The number of halogens is 1. The van der Waals surface area contributed by atoms with Crippen molar-refractivity contribution in [2.24, 2.45) is 11.7 Å². The lowest BCUT2D eigenvalue weighted by molar-refractivity contribution is -0.385. The third-order valence-electron chi connectivity index (χ3n) is 2.68. The van der Waals surface area contributed by atoms with Crippen molar-refractivity contribution < 1.29 is 9.72 Å². The number of aryl methyl sites for hydroxylation is 1. The Morgan fingerprint density at radius 3 is 2.68 bits per heavy atom. The van der Waals surface area contributed by atoms with Gasteiger partial charge in [0.2, 0.25) is 0 Å². The summed E-state index contributed by atoms with van der Waals surface area (Å²) in [7, 11) is 0. The molecule has 6 nitrogen and oxygen atoms in total. The van der Waals surface area contributed by atoms with Crippen LogP contribution in [-0.4, -0.2) is 23.9 Å². The van der Waals surface area contributed by atoms with Crippen molar-refractivity contribution in [2.75, 3.05) is 13.1 Å². The molecular weight excluding hydrogens is 270 g/mol. The van der Waals surface area contributed by atoms with Crippen molar-refractivity contribution in [3.05, 3.63) is 39.4 Å². The molecule has 0 aliphatic carbocycles. The second-order valence-electron chi connectivity index (χ2n) is 4.31. The minimum absolute atomic E-state index is 0. The molecule has 0 radical (unpaired) electrons. The van der Waals surface area contributed by atoms with Gasteiger partial charge in [0, 0.05) is 23.7 Å². The first-order valence-corrected chi connectivity index (χ1v) is 5.69. The van der Waals surface area contributed by atoms with Crippen molar-refractivity contribution >= 4 is 24.0 Å². The fraction of sp³-hybridized carbons (Fsp3) is 0.417. The Hall–Kier alpha value is -1.66. The Bertz CT molecular complexity index is 466. The first-order chi connectivity index (χ1) is 8.45. The molecule has 0 spiro atoms. The highest BCUT2D eigenvalue weighted by Gasteiger charge is 2.15. The molecule has 3 N–H and O–H groups in total. The molecular formula is C12H18ClN3O3. The fourth-order valence-corrected chi connectivity index (χ4v) is 1.40. The molecule has 7 heteroatoms. The van der Waals surface area contributed by atoms with Crippen LogP contribution < -0.4 is 11.1 Å². The predicted molar refractivity (Wildman–Crippen MR) is 75.6 cm³/mol. The zero-order valence-corrected chi connectivity index (χ0v) is 11.7. The highest BCUT2D eigenvalue weighted by Crippen LogP contribution is 2.19. The van der Waals surface area contributed by atoms with E-state index in [0.717, 1.165) is 0 Å². The first kappa shape index (κ1) is 17.3. The lowest BCUT2D eigenvalue weighted by atomic mass is 10.1. The van der Waals surface area contributed by atoms with Crippen LogP contribution in [0.3, 0.4) is 0 Å². The van der Waals surface area contributed by atoms with E-state index in [0.29, 0.717) is 18.7 Å². The number of rotatable bonds is 5. The van der Waals surface area contributed by atoms with Gasteiger partial charge in [0.05, 0.1) is 4.92 Å². The van der Waals surface area contributed by atoms with Crippen LogP contribution in [0, 0.1) is 23.0 Å². The normalized spacial score (nSPS) is 11.3. The molecule has 0 saturated heterocycles. The van der Waals surface area contributed by atoms with Gasteiger partial charge in [-0.25, -0.2) is 0 Å². The van der Waals surface area contributed by atoms with Crippen LogP contribution in [-0.2, 0) is 0 Å². The van der Waals surface area contributed by atoms with Crippen molar-refractivity contribution in [2.45, 2.75) is 13.8 Å². The van der Waals surface area contributed by atoms with E-state index in [1.54, 1.807) is 19.1 Å². The third kappa shape index (κ3) is 4.84. The van der Waals surface area contributed by atoms with Gasteiger partial charge in [0.25, 0.3) is 11.6 Å². The largest absolute Gasteiger partial charge is 0.352 e. The SMILES string of the molecule is Cc1ccc(C(=O)NCC(C)CN)cc1[N+](=O)[O-].Cl. The quantitative estimate of drug-likeness (QED) is 0.635. The Balaban J connectivity index is 0.00000324. The van der Waals surface area contributed by atoms with E-state index in [1.165, 1.54) is 6.07 Å². The standard InChI is InChI=1S/C12H17N3O3.ClH/c1-8(6-13)7-14-12(16)10-4-3-9(2)11(5-10)15(17)18;/h3-5,8H,6-7,13H2,1-2H3,(H,14,16);1H. The minimum Gasteiger partial charge on any atom is -0.352 e. The number of nitro groups is 1. The monoisotopic (exact) mass is 287 g/mol. The van der Waals surface area contributed by atoms with Crippen molar-refractivity contribution in [1.82, 2.24) is 5.32 Å². The number of nitrogens with zero attached hydrogens (tertiary/aromatic N) is 1. The average Bonchev–Trinajstić information content (AvgIpc) is 2.35. The van der Waals surface area contributed by atoms with Crippen molar-refractivity contribution in [3.63, 3.8) is 0 Å². The van der Waals surface area contributed by atoms with Crippen molar-refractivity contribution in [3.8, 4) is 0 Å². The van der Waals surface area contributed by atoms with E-state index in [1.807, 2.05) is 6.92 Å². The number of carbonyl (C=O) groups is 1. The molecule has 1 aromatic carbocycles. The molecule has 19 heavy (non-hydrogen) atoms. The number of nitrogens with two attached hydrogens (primary N) is 1. The van der Waals surface area contributed by atoms with Crippen molar-refractivity contribution in [1.29, 1.82) is 0 Å². The molecule has 1 amide bonds. The summed E-state index contributed by atoms with van der Waals surface area (Å²) in [6.07, 6.45) is 0. The molecule has 0 aliphatic heterocycles. The molecule has 1 aromatic rings. The average molecular weight is 288 g/mol. The summed E-state index contributed by atoms with van der Waals surface area (Å²) in [6.45, 7) is 4.49. The van der Waals surface area contributed by atoms with E-state index in [-0.39, 0.29) is 35.5 Å². The van der Waals surface area contributed by atoms with Gasteiger partial charge in [-0.2, -0.15) is 0 Å². The van der Waals surface area contributed by atoms with Gasteiger partial charge in [-0.3, -0.25) is 14.9 Å². The van der Waals surface area contributed by atoms with Gasteiger partial charge in [0.1, 0.15) is 0 Å². The summed E-state index contributed by atoms with van der Waals surface area (Å²) < 4.78 is 0. The highest BCUT2D eigenvalue weighted by atomic mass is 35.5. The number of nitrogens with one attached hydrogen (secondary N) is 1. The third-order valence-corrected chi connectivity index (χ3v) is 2.68. The predicted octanol–water partition coefficient (Wildman–Crippen LogP) is 1.65. The zero-order chi connectivity index (χ0) is 13.7. The first-order valence-electron chi connectivity index (χ1n) is 5.69. The Morgan fingerprint density at radius 1 is 1.53 bits per heavy atom. The number of carbonyl (C=O) groups excluding carboxylic acids is 1. The molecule has 106 valence electrons. The summed E-state index contributed by atoms with van der Waals surface area (Å²) in [5.41, 5.74) is 6.22. The van der Waals surface area contributed by atoms with Crippen LogP contribution in [0.2, 0.25) is 0 Å². The zero-order valence-electron chi connectivity index (χ0n) is 10.9. The molecule has 0 bridgehead atoms. The van der Waals surface area contributed by atoms with E-state index in [9.17, 15) is 14.9 Å². The van der Waals surface area contributed by atoms with E-state index in [2.05, 4.69) is 5.32 Å². The van der Waals surface area contributed by atoms with Gasteiger partial charge >= 0.3 is 0 Å². The molecule has 1 unspecified atom stereocenters. The van der Waals surface area contributed by atoms with Gasteiger partial charge < -0.3 is 11.1 Å². The maximum Gasteiger partial charge on any atom is 0.273 e. The Morgan fingerprint density at radius 2 is 2.16 bits per heavy atom. The number of hydrogen-bond acceptors (Lipinski definition) is 4. The fourth-order valence-electron chi connectivity index (χ4n) is 1.40. The molecule has 1 atom stereocenters. The molecule has 0 saturated carbocycles. The van der Waals surface area contributed by atoms with Crippen LogP contribution in [0.25, 0.3) is 0 Å². The molecule has 0 aliphatic rings. The summed E-state index contributed by atoms with van der Waals surface area (Å²) in [4.78, 5) is 22.1. The van der Waals surface area contributed by atoms with Crippen LogP contribution in [0.15, 0.2) is 18.2 Å². The number of nitro benzene ring substituents is 1. The Kier molecular flexibility index (Phi) is 7.03. The number of amides is 1. The smallest absolute Gasteiger partial charge is 0.273 e. The molecule has 1 rings (SSSR count). The topological polar surface area (TPSA) is 98.3 Å². The maximum atomic E-state index is 11.8. The molecule has 0 fully saturated rings. The summed E-state index contributed by atoms with van der Waals surface area (Å²) in [5.74, 6) is -0.146. The summed E-state index contributed by atoms with van der Waals surface area (Å²) in [6, 6.07) is 4.43. The van der Waals surface area contributed by atoms with Gasteiger partial charge in [-0.1, -0.05) is 13.0 Å². The van der Waals surface area contributed by atoms with Crippen LogP contribution in [0.1, 0.15) is 22.8 Å². The molecule has 0 heterocycles. The maximum absolute atomic E-state index is 11.8. The summed E-state index contributed by atoms with van der Waals surface area (Å²) in [5, 5.41) is 13.5. The second-order valence-corrected chi connectivity index (χ2v) is 4.31. The van der Waals surface area contributed by atoms with Gasteiger partial charge in [0.15, 0.2) is 0 Å². The lowest BCUT2D eigenvalue weighted by Crippen LogP contribution is -2.31. The summed E-state index contributed by atoms with van der Waals surface area (Å²) >= 11 is 0. The van der Waals surface area contributed by atoms with Crippen LogP contribution in [0.4, 0.5) is 5.69 Å². The Labute approximate surface area is 117 Å². The molecule has 0 aromatic heterocycles. The van der Waals surface area contributed by atoms with Gasteiger partial charge in [-0.05, 0) is 25.5 Å². The lowest BCUT2D eigenvalue weighted by Gasteiger charge is -2.10. The second kappa shape index (κ2) is 7.70. The number of benzene rings is 1.